The van der Waals surface area contributed by atoms with Gasteiger partial charge in [-0.25, -0.2) is 0 Å². The molecule has 0 aromatic rings. The van der Waals surface area contributed by atoms with Gasteiger partial charge in [-0.2, -0.15) is 0 Å². The molecule has 12 heavy (non-hydrogen) atoms. The lowest BCUT2D eigenvalue weighted by Gasteiger charge is -2.27. The van der Waals surface area contributed by atoms with Crippen LogP contribution in [0.3, 0.4) is 0 Å². The Hall–Kier alpha value is -0.640. The number of aliphatic hydroxyl groups is 3. The Morgan fingerprint density at radius 2 is 1.83 bits per heavy atom. The molecule has 1 rings (SSSR count). The summed E-state index contributed by atoms with van der Waals surface area (Å²) in [4.78, 5) is 0. The van der Waals surface area contributed by atoms with Crippen molar-refractivity contribution in [1.82, 2.24) is 0 Å². The zero-order chi connectivity index (χ0) is 9.14. The molecule has 1 saturated carbocycles. The summed E-state index contributed by atoms with van der Waals surface area (Å²) in [7, 11) is 0. The predicted octanol–water partition coefficient (Wildman–Crippen LogP) is -0.0231. The standard InChI is InChI=1S/C9H14O3/c1-6-8(11)4-7(2-3-10)5-9(6)12/h2,8-12H,1,3-5H2/t8-,9-/m1/s1. The maximum atomic E-state index is 9.36. The van der Waals surface area contributed by atoms with E-state index in [1.54, 1.807) is 6.08 Å². The van der Waals surface area contributed by atoms with Crippen molar-refractivity contribution in [3.63, 3.8) is 0 Å². The fourth-order valence-electron chi connectivity index (χ4n) is 1.36. The average Bonchev–Trinajstić information content (AvgIpc) is 2.01. The molecule has 0 heterocycles. The molecule has 68 valence electrons. The fraction of sp³-hybridized carbons (Fsp3) is 0.556. The molecule has 0 aromatic carbocycles. The lowest BCUT2D eigenvalue weighted by atomic mass is 9.86. The van der Waals surface area contributed by atoms with E-state index in [0.29, 0.717) is 18.4 Å². The first-order valence-corrected chi connectivity index (χ1v) is 3.98. The molecule has 0 aliphatic heterocycles. The van der Waals surface area contributed by atoms with Gasteiger partial charge in [0.05, 0.1) is 18.8 Å². The van der Waals surface area contributed by atoms with E-state index >= 15 is 0 Å². The van der Waals surface area contributed by atoms with Crippen LogP contribution in [0.5, 0.6) is 0 Å². The zero-order valence-corrected chi connectivity index (χ0v) is 6.90. The highest BCUT2D eigenvalue weighted by atomic mass is 16.3. The van der Waals surface area contributed by atoms with Gasteiger partial charge in [0.2, 0.25) is 0 Å². The molecule has 0 radical (unpaired) electrons. The minimum absolute atomic E-state index is 0.0404. The van der Waals surface area contributed by atoms with Crippen molar-refractivity contribution in [2.45, 2.75) is 25.0 Å². The van der Waals surface area contributed by atoms with Crippen molar-refractivity contribution in [3.8, 4) is 0 Å². The Bertz CT molecular complexity index is 192. The lowest BCUT2D eigenvalue weighted by Crippen LogP contribution is -2.28. The fourth-order valence-corrected chi connectivity index (χ4v) is 1.36. The highest BCUT2D eigenvalue weighted by molar-refractivity contribution is 5.22. The van der Waals surface area contributed by atoms with E-state index in [9.17, 15) is 10.2 Å². The molecule has 0 saturated heterocycles. The summed E-state index contributed by atoms with van der Waals surface area (Å²) in [5.41, 5.74) is 1.37. The van der Waals surface area contributed by atoms with Crippen molar-refractivity contribution in [1.29, 1.82) is 0 Å². The van der Waals surface area contributed by atoms with Crippen LogP contribution in [0.4, 0.5) is 0 Å². The van der Waals surface area contributed by atoms with E-state index in [-0.39, 0.29) is 6.61 Å². The molecule has 0 bridgehead atoms. The Kier molecular flexibility index (Phi) is 3.03. The highest BCUT2D eigenvalue weighted by Crippen LogP contribution is 2.26. The number of hydrogen-bond acceptors (Lipinski definition) is 3. The Balaban J connectivity index is 2.65. The molecular formula is C9H14O3. The molecule has 3 N–H and O–H groups in total. The Morgan fingerprint density at radius 3 is 2.25 bits per heavy atom. The van der Waals surface area contributed by atoms with Gasteiger partial charge in [0.15, 0.2) is 0 Å². The molecule has 1 fully saturated rings. The van der Waals surface area contributed by atoms with Gasteiger partial charge in [0.25, 0.3) is 0 Å². The molecular weight excluding hydrogens is 156 g/mol. The van der Waals surface area contributed by atoms with Crippen LogP contribution >= 0.6 is 0 Å². The van der Waals surface area contributed by atoms with Crippen LogP contribution in [0.25, 0.3) is 0 Å². The molecule has 1 aliphatic rings. The number of aliphatic hydroxyl groups excluding tert-OH is 3. The Labute approximate surface area is 71.7 Å². The van der Waals surface area contributed by atoms with Crippen molar-refractivity contribution >= 4 is 0 Å². The van der Waals surface area contributed by atoms with Gasteiger partial charge >= 0.3 is 0 Å². The van der Waals surface area contributed by atoms with E-state index in [1.807, 2.05) is 0 Å². The molecule has 2 atom stereocenters. The van der Waals surface area contributed by atoms with Crippen LogP contribution in [-0.4, -0.2) is 34.1 Å². The molecule has 3 heteroatoms. The van der Waals surface area contributed by atoms with Crippen molar-refractivity contribution in [2.75, 3.05) is 6.61 Å². The third-order valence-corrected chi connectivity index (χ3v) is 2.15. The van der Waals surface area contributed by atoms with E-state index in [2.05, 4.69) is 6.58 Å². The van der Waals surface area contributed by atoms with E-state index in [4.69, 9.17) is 5.11 Å². The van der Waals surface area contributed by atoms with E-state index in [1.165, 1.54) is 0 Å². The van der Waals surface area contributed by atoms with Gasteiger partial charge < -0.3 is 15.3 Å². The average molecular weight is 170 g/mol. The normalized spacial score (nSPS) is 30.6. The summed E-state index contributed by atoms with van der Waals surface area (Å²) in [5.74, 6) is 0. The van der Waals surface area contributed by atoms with E-state index in [0.717, 1.165) is 5.57 Å². The minimum atomic E-state index is -0.661. The van der Waals surface area contributed by atoms with Crippen LogP contribution in [0.2, 0.25) is 0 Å². The monoisotopic (exact) mass is 170 g/mol. The largest absolute Gasteiger partial charge is 0.392 e. The summed E-state index contributed by atoms with van der Waals surface area (Å²) in [5, 5.41) is 27.3. The second-order valence-corrected chi connectivity index (χ2v) is 3.06. The van der Waals surface area contributed by atoms with E-state index < -0.39 is 12.2 Å². The van der Waals surface area contributed by atoms with Crippen LogP contribution < -0.4 is 0 Å². The maximum absolute atomic E-state index is 9.36. The Morgan fingerprint density at radius 1 is 1.33 bits per heavy atom. The third kappa shape index (κ3) is 1.94. The van der Waals surface area contributed by atoms with Crippen LogP contribution in [0, 0.1) is 0 Å². The molecule has 0 amide bonds. The minimum Gasteiger partial charge on any atom is -0.392 e. The first-order chi connectivity index (χ1) is 5.65. The summed E-state index contributed by atoms with van der Waals surface area (Å²) < 4.78 is 0. The predicted molar refractivity (Wildman–Crippen MR) is 45.6 cm³/mol. The molecule has 3 nitrogen and oxygen atoms in total. The molecule has 0 aromatic heterocycles. The van der Waals surface area contributed by atoms with Crippen LogP contribution in [-0.2, 0) is 0 Å². The molecule has 0 spiro atoms. The lowest BCUT2D eigenvalue weighted by molar-refractivity contribution is 0.123. The topological polar surface area (TPSA) is 60.7 Å². The van der Waals surface area contributed by atoms with Crippen LogP contribution in [0.1, 0.15) is 12.8 Å². The quantitative estimate of drug-likeness (QED) is 0.484. The van der Waals surface area contributed by atoms with Gasteiger partial charge in [-0.05, 0) is 18.4 Å². The smallest absolute Gasteiger partial charge is 0.0809 e. The van der Waals surface area contributed by atoms with Gasteiger partial charge in [-0.3, -0.25) is 0 Å². The number of hydrogen-bond donors (Lipinski definition) is 3. The molecule has 1 aliphatic carbocycles. The third-order valence-electron chi connectivity index (χ3n) is 2.15. The second-order valence-electron chi connectivity index (χ2n) is 3.06. The summed E-state index contributed by atoms with van der Waals surface area (Å²) in [6.07, 6.45) is 1.27. The maximum Gasteiger partial charge on any atom is 0.0809 e. The van der Waals surface area contributed by atoms with Gasteiger partial charge in [-0.1, -0.05) is 18.2 Å². The van der Waals surface area contributed by atoms with Gasteiger partial charge in [0.1, 0.15) is 0 Å². The SMILES string of the molecule is C=C1[C@H](O)CC(=CCO)C[C@H]1O. The second kappa shape index (κ2) is 3.85. The first kappa shape index (κ1) is 9.45. The zero-order valence-electron chi connectivity index (χ0n) is 6.90. The van der Waals surface area contributed by atoms with Crippen molar-refractivity contribution in [2.24, 2.45) is 0 Å². The summed E-state index contributed by atoms with van der Waals surface area (Å²) in [6, 6.07) is 0. The van der Waals surface area contributed by atoms with Gasteiger partial charge in [-0.15, -0.1) is 0 Å². The highest BCUT2D eigenvalue weighted by Gasteiger charge is 2.25. The van der Waals surface area contributed by atoms with Crippen molar-refractivity contribution < 1.29 is 15.3 Å². The first-order valence-electron chi connectivity index (χ1n) is 3.98. The summed E-state index contributed by atoms with van der Waals surface area (Å²) >= 11 is 0. The summed E-state index contributed by atoms with van der Waals surface area (Å²) in [6.45, 7) is 3.54. The molecule has 0 unspecified atom stereocenters. The number of rotatable bonds is 1. The van der Waals surface area contributed by atoms with Crippen molar-refractivity contribution in [3.05, 3.63) is 23.8 Å². The van der Waals surface area contributed by atoms with Crippen LogP contribution in [0.15, 0.2) is 23.8 Å². The van der Waals surface area contributed by atoms with Gasteiger partial charge in [0, 0.05) is 0 Å².